The van der Waals surface area contributed by atoms with Gasteiger partial charge in [-0.2, -0.15) is 12.7 Å². The lowest BCUT2D eigenvalue weighted by Crippen LogP contribution is -2.50. The average Bonchev–Trinajstić information content (AvgIpc) is 3.52. The van der Waals surface area contributed by atoms with Gasteiger partial charge < -0.3 is 19.5 Å². The molecule has 1 spiro atoms. The van der Waals surface area contributed by atoms with E-state index >= 15 is 0 Å². The van der Waals surface area contributed by atoms with E-state index in [9.17, 15) is 18.3 Å². The van der Waals surface area contributed by atoms with Crippen molar-refractivity contribution in [2.45, 2.75) is 82.0 Å². The zero-order valence-electron chi connectivity index (χ0n) is 27.8. The maximum absolute atomic E-state index is 13.7. The minimum atomic E-state index is -4.20. The molecule has 0 bridgehead atoms. The van der Waals surface area contributed by atoms with Crippen LogP contribution in [0.3, 0.4) is 0 Å². The van der Waals surface area contributed by atoms with E-state index in [1.165, 1.54) is 15.4 Å². The minimum absolute atomic E-state index is 0.104. The third-order valence-corrected chi connectivity index (χ3v) is 12.7. The van der Waals surface area contributed by atoms with Gasteiger partial charge in [0.05, 0.1) is 24.5 Å². The van der Waals surface area contributed by atoms with Crippen LogP contribution in [0.5, 0.6) is 5.75 Å². The molecule has 1 saturated heterocycles. The van der Waals surface area contributed by atoms with Gasteiger partial charge in [0.25, 0.3) is 5.91 Å². The Balaban J connectivity index is 1.31. The summed E-state index contributed by atoms with van der Waals surface area (Å²) in [4.78, 5) is 16.0. The Hall–Kier alpha value is -2.89. The van der Waals surface area contributed by atoms with Crippen LogP contribution in [0.2, 0.25) is 5.02 Å². The quantitative estimate of drug-likeness (QED) is 0.270. The lowest BCUT2D eigenvalue weighted by atomic mass is 9.68. The summed E-state index contributed by atoms with van der Waals surface area (Å²) >= 11 is 6.41. The normalized spacial score (nSPS) is 26.4. The Labute approximate surface area is 290 Å². The molecule has 0 radical (unpaired) electrons. The molecule has 11 heteroatoms. The molecule has 1 amide bonds. The number of rotatable bonds is 12. The molecule has 2 aromatic rings. The zero-order chi connectivity index (χ0) is 34.1. The van der Waals surface area contributed by atoms with Crippen molar-refractivity contribution in [2.75, 3.05) is 37.7 Å². The van der Waals surface area contributed by atoms with Gasteiger partial charge in [0.15, 0.2) is 0 Å². The molecule has 9 nitrogen and oxygen atoms in total. The molecule has 48 heavy (non-hydrogen) atoms. The number of halogens is 1. The number of aryl methyl sites for hydroxylation is 1. The van der Waals surface area contributed by atoms with Gasteiger partial charge in [-0.15, -0.1) is 13.2 Å². The van der Waals surface area contributed by atoms with Gasteiger partial charge in [0, 0.05) is 48.3 Å². The first-order valence-corrected chi connectivity index (χ1v) is 19.0. The van der Waals surface area contributed by atoms with Crippen LogP contribution in [0.15, 0.2) is 61.7 Å². The second kappa shape index (κ2) is 14.5. The molecule has 2 aliphatic heterocycles. The number of hydrogen-bond acceptors (Lipinski definition) is 7. The van der Waals surface area contributed by atoms with Crippen molar-refractivity contribution in [2.24, 2.45) is 11.8 Å². The third-order valence-electron chi connectivity index (χ3n) is 10.8. The number of anilines is 1. The number of aliphatic hydroxyl groups excluding tert-OH is 1. The standard InChI is InChI=1S/C37H48ClN3O6S/c1-4-8-25(3)41(22-30-10-7-18-46-30)48(44,45)39-36(43)27-12-16-35-33(20-27)40(21-28-11-14-31(28)34(42)5-2)23-37(24-47-35)17-6-9-26-19-29(38)13-15-32(26)37/h4-5,12-13,15-16,19-20,25,28,30-31,34,42H,1-2,6-11,14,17-18,21-24H2,3H3,(H,39,43)/t25-,28-,30+,31+,34-,37-/m0/s1. The number of hydrogen-bond donors (Lipinski definition) is 2. The summed E-state index contributed by atoms with van der Waals surface area (Å²) < 4.78 is 43.4. The minimum Gasteiger partial charge on any atom is -0.490 e. The number of carbonyl (C=O) groups excluding carboxylic acids is 1. The Morgan fingerprint density at radius 3 is 2.75 bits per heavy atom. The van der Waals surface area contributed by atoms with Crippen molar-refractivity contribution in [3.8, 4) is 5.75 Å². The molecule has 2 aliphatic carbocycles. The highest BCUT2D eigenvalue weighted by Gasteiger charge is 2.44. The molecule has 2 N–H and O–H groups in total. The van der Waals surface area contributed by atoms with E-state index in [4.69, 9.17) is 21.1 Å². The maximum Gasteiger partial charge on any atom is 0.304 e. The van der Waals surface area contributed by atoms with Crippen molar-refractivity contribution < 1.29 is 27.8 Å². The number of carbonyl (C=O) groups is 1. The molecule has 6 rings (SSSR count). The van der Waals surface area contributed by atoms with E-state index in [2.05, 4.69) is 34.9 Å². The topological polar surface area (TPSA) is 108 Å². The van der Waals surface area contributed by atoms with Crippen molar-refractivity contribution >= 4 is 33.4 Å². The van der Waals surface area contributed by atoms with Crippen molar-refractivity contribution in [3.05, 3.63) is 83.4 Å². The molecule has 2 fully saturated rings. The number of aliphatic hydroxyl groups is 1. The predicted molar refractivity (Wildman–Crippen MR) is 189 cm³/mol. The van der Waals surface area contributed by atoms with E-state index in [-0.39, 0.29) is 35.5 Å². The highest BCUT2D eigenvalue weighted by molar-refractivity contribution is 7.87. The molecular weight excluding hydrogens is 650 g/mol. The van der Waals surface area contributed by atoms with Crippen molar-refractivity contribution in [3.63, 3.8) is 0 Å². The van der Waals surface area contributed by atoms with Crippen LogP contribution in [0.1, 0.15) is 73.4 Å². The van der Waals surface area contributed by atoms with Crippen LogP contribution >= 0.6 is 11.6 Å². The summed E-state index contributed by atoms with van der Waals surface area (Å²) in [6.07, 6.45) is 9.37. The fourth-order valence-electron chi connectivity index (χ4n) is 8.08. The molecule has 2 heterocycles. The maximum atomic E-state index is 13.7. The van der Waals surface area contributed by atoms with Gasteiger partial charge in [-0.1, -0.05) is 29.8 Å². The monoisotopic (exact) mass is 697 g/mol. The first-order chi connectivity index (χ1) is 23.0. The van der Waals surface area contributed by atoms with Crippen molar-refractivity contribution in [1.82, 2.24) is 9.03 Å². The second-order valence-corrected chi connectivity index (χ2v) is 16.1. The predicted octanol–water partition coefficient (Wildman–Crippen LogP) is 5.81. The van der Waals surface area contributed by atoms with Gasteiger partial charge in [-0.3, -0.25) is 4.79 Å². The zero-order valence-corrected chi connectivity index (χ0v) is 29.4. The third kappa shape index (κ3) is 7.19. The summed E-state index contributed by atoms with van der Waals surface area (Å²) in [6.45, 7) is 11.9. The summed E-state index contributed by atoms with van der Waals surface area (Å²) in [7, 11) is -4.20. The molecule has 4 aliphatic rings. The first-order valence-electron chi connectivity index (χ1n) is 17.2. The Morgan fingerprint density at radius 1 is 1.21 bits per heavy atom. The van der Waals surface area contributed by atoms with E-state index in [0.29, 0.717) is 38.5 Å². The number of fused-ring (bicyclic) bond motifs is 3. The second-order valence-electron chi connectivity index (χ2n) is 14.0. The highest BCUT2D eigenvalue weighted by Crippen LogP contribution is 2.46. The fourth-order valence-corrected chi connectivity index (χ4v) is 9.67. The van der Waals surface area contributed by atoms with E-state index in [1.54, 1.807) is 30.4 Å². The van der Waals surface area contributed by atoms with Gasteiger partial charge >= 0.3 is 10.2 Å². The molecule has 260 valence electrons. The Kier molecular flexibility index (Phi) is 10.6. The SMILES string of the molecule is C=CC[C@H](C)N(C[C@H]1CCCO1)S(=O)(=O)NC(=O)c1ccc2c(c1)N(C[C@@H]1CC[C@H]1[C@@H](O)C=C)C[C@@]1(CCCc3cc(Cl)ccc31)CO2. The molecule has 2 aromatic carbocycles. The van der Waals surface area contributed by atoms with E-state index in [0.717, 1.165) is 55.7 Å². The molecule has 1 saturated carbocycles. The largest absolute Gasteiger partial charge is 0.490 e. The van der Waals surface area contributed by atoms with Gasteiger partial charge in [0.2, 0.25) is 0 Å². The first kappa shape index (κ1) is 35.0. The average molecular weight is 698 g/mol. The molecular formula is C37H48ClN3O6S. The van der Waals surface area contributed by atoms with Crippen LogP contribution < -0.4 is 14.4 Å². The van der Waals surface area contributed by atoms with Crippen molar-refractivity contribution in [1.29, 1.82) is 0 Å². The fraction of sp³-hybridized carbons (Fsp3) is 0.541. The molecule has 0 unspecified atom stereocenters. The van der Waals surface area contributed by atoms with Gasteiger partial charge in [-0.25, -0.2) is 4.72 Å². The lowest BCUT2D eigenvalue weighted by Gasteiger charge is -2.45. The summed E-state index contributed by atoms with van der Waals surface area (Å²) in [5, 5.41) is 11.4. The van der Waals surface area contributed by atoms with Gasteiger partial charge in [0.1, 0.15) is 5.75 Å². The molecule has 6 atom stereocenters. The number of benzene rings is 2. The summed E-state index contributed by atoms with van der Waals surface area (Å²) in [6, 6.07) is 10.9. The van der Waals surface area contributed by atoms with Crippen LogP contribution in [-0.2, 0) is 26.8 Å². The summed E-state index contributed by atoms with van der Waals surface area (Å²) in [5.74, 6) is 0.269. The lowest BCUT2D eigenvalue weighted by molar-refractivity contribution is 0.0460. The smallest absolute Gasteiger partial charge is 0.304 e. The van der Waals surface area contributed by atoms with Crippen LogP contribution in [0, 0.1) is 11.8 Å². The van der Waals surface area contributed by atoms with E-state index < -0.39 is 28.3 Å². The van der Waals surface area contributed by atoms with Crippen LogP contribution in [0.25, 0.3) is 0 Å². The van der Waals surface area contributed by atoms with Crippen LogP contribution in [0.4, 0.5) is 5.69 Å². The Morgan fingerprint density at radius 2 is 2.04 bits per heavy atom. The number of amides is 1. The van der Waals surface area contributed by atoms with Gasteiger partial charge in [-0.05, 0) is 112 Å². The van der Waals surface area contributed by atoms with E-state index in [1.807, 2.05) is 13.0 Å². The number of nitrogens with zero attached hydrogens (tertiary/aromatic N) is 2. The summed E-state index contributed by atoms with van der Waals surface area (Å²) in [5.41, 5.74) is 3.13. The number of nitrogens with one attached hydrogen (secondary N) is 1. The Bertz CT molecular complexity index is 1630. The van der Waals surface area contributed by atoms with Crippen LogP contribution in [-0.4, -0.2) is 74.8 Å². The highest BCUT2D eigenvalue weighted by atomic mass is 35.5. The molecule has 0 aromatic heterocycles. The number of ether oxygens (including phenoxy) is 2.